The van der Waals surface area contributed by atoms with Gasteiger partial charge in [-0.15, -0.1) is 0 Å². The van der Waals surface area contributed by atoms with Gasteiger partial charge in [0.25, 0.3) is 0 Å². The van der Waals surface area contributed by atoms with Crippen molar-refractivity contribution in [3.8, 4) is 11.5 Å². The van der Waals surface area contributed by atoms with E-state index >= 15 is 0 Å². The van der Waals surface area contributed by atoms with Gasteiger partial charge in [-0.25, -0.2) is 0 Å². The van der Waals surface area contributed by atoms with Gasteiger partial charge in [-0.3, -0.25) is 5.43 Å². The predicted octanol–water partition coefficient (Wildman–Crippen LogP) is 4.40. The van der Waals surface area contributed by atoms with E-state index in [2.05, 4.69) is 22.7 Å². The summed E-state index contributed by atoms with van der Waals surface area (Å²) in [7, 11) is 1.53. The third-order valence-electron chi connectivity index (χ3n) is 3.06. The Hall–Kier alpha value is -1.73. The molecule has 0 bridgehead atoms. The zero-order chi connectivity index (χ0) is 18.4. The van der Waals surface area contributed by atoms with Gasteiger partial charge in [-0.05, 0) is 30.4 Å². The average molecular weight is 419 g/mol. The van der Waals surface area contributed by atoms with Gasteiger partial charge < -0.3 is 15.2 Å². The van der Waals surface area contributed by atoms with Gasteiger partial charge in [-0.1, -0.05) is 40.9 Å². The number of hydrogen-bond acceptors (Lipinski definition) is 4. The minimum atomic E-state index is 0.0548. The van der Waals surface area contributed by atoms with Gasteiger partial charge in [0.1, 0.15) is 6.61 Å². The zero-order valence-corrected chi connectivity index (χ0v) is 16.1. The van der Waals surface area contributed by atoms with E-state index in [4.69, 9.17) is 50.0 Å². The minimum absolute atomic E-state index is 0.0548. The number of methoxy groups -OCH3 is 1. The molecule has 5 nitrogen and oxygen atoms in total. The van der Waals surface area contributed by atoms with Gasteiger partial charge >= 0.3 is 0 Å². The van der Waals surface area contributed by atoms with E-state index in [1.54, 1.807) is 30.3 Å². The van der Waals surface area contributed by atoms with Crippen LogP contribution in [0.2, 0.25) is 15.1 Å². The summed E-state index contributed by atoms with van der Waals surface area (Å²) in [5.41, 5.74) is 9.15. The Labute approximate surface area is 165 Å². The Morgan fingerprint density at radius 2 is 1.96 bits per heavy atom. The molecule has 3 N–H and O–H groups in total. The van der Waals surface area contributed by atoms with Crippen LogP contribution in [0.25, 0.3) is 0 Å². The smallest absolute Gasteiger partial charge is 0.184 e. The van der Waals surface area contributed by atoms with Crippen LogP contribution in [0, 0.1) is 0 Å². The quantitative estimate of drug-likeness (QED) is 0.413. The standard InChI is InChI=1S/C16H14Cl3N3O2S/c1-23-14-4-10(7-21-22-16(20)25)13(19)6-15(14)24-8-9-2-3-11(17)5-12(9)18/h2-7H,8H2,1H3,(H3,20,22,25). The summed E-state index contributed by atoms with van der Waals surface area (Å²) in [6.45, 7) is 0.235. The molecule has 132 valence electrons. The molecule has 2 aromatic rings. The molecule has 0 unspecified atom stereocenters. The second-order valence-corrected chi connectivity index (χ2v) is 6.47. The molecule has 25 heavy (non-hydrogen) atoms. The highest BCUT2D eigenvalue weighted by atomic mass is 35.5. The van der Waals surface area contributed by atoms with Crippen molar-refractivity contribution >= 4 is 58.3 Å². The van der Waals surface area contributed by atoms with Gasteiger partial charge in [0.2, 0.25) is 0 Å². The molecule has 0 amide bonds. The number of thiocarbonyl (C=S) groups is 1. The van der Waals surface area contributed by atoms with Crippen molar-refractivity contribution in [2.75, 3.05) is 7.11 Å². The topological polar surface area (TPSA) is 68.9 Å². The lowest BCUT2D eigenvalue weighted by molar-refractivity contribution is 0.284. The fourth-order valence-corrected chi connectivity index (χ4v) is 2.60. The summed E-state index contributed by atoms with van der Waals surface area (Å²) in [6, 6.07) is 8.50. The molecule has 2 aromatic carbocycles. The molecule has 0 saturated carbocycles. The number of benzene rings is 2. The van der Waals surface area contributed by atoms with Crippen LogP contribution in [0.3, 0.4) is 0 Å². The first-order chi connectivity index (χ1) is 11.9. The summed E-state index contributed by atoms with van der Waals surface area (Å²) in [5.74, 6) is 0.962. The number of nitrogens with one attached hydrogen (secondary N) is 1. The second-order valence-electron chi connectivity index (χ2n) is 4.78. The van der Waals surface area contributed by atoms with Crippen LogP contribution < -0.4 is 20.6 Å². The number of rotatable bonds is 6. The van der Waals surface area contributed by atoms with E-state index in [1.807, 2.05) is 0 Å². The van der Waals surface area contributed by atoms with E-state index < -0.39 is 0 Å². The third-order valence-corrected chi connectivity index (χ3v) is 4.07. The van der Waals surface area contributed by atoms with Gasteiger partial charge in [0.15, 0.2) is 16.6 Å². The van der Waals surface area contributed by atoms with Crippen molar-refractivity contribution in [3.63, 3.8) is 0 Å². The molecule has 0 atom stereocenters. The first-order valence-corrected chi connectivity index (χ1v) is 8.47. The van der Waals surface area contributed by atoms with Crippen molar-refractivity contribution in [1.29, 1.82) is 0 Å². The Balaban J connectivity index is 2.19. The first kappa shape index (κ1) is 19.6. The molecule has 2 rings (SSSR count). The Morgan fingerprint density at radius 3 is 2.60 bits per heavy atom. The molecule has 0 aliphatic heterocycles. The Bertz CT molecular complexity index is 815. The molecule has 0 radical (unpaired) electrons. The van der Waals surface area contributed by atoms with Gasteiger partial charge in [0.05, 0.1) is 18.3 Å². The van der Waals surface area contributed by atoms with Crippen molar-refractivity contribution in [3.05, 3.63) is 56.5 Å². The van der Waals surface area contributed by atoms with E-state index in [9.17, 15) is 0 Å². The fourth-order valence-electron chi connectivity index (χ4n) is 1.88. The van der Waals surface area contributed by atoms with Crippen LogP contribution >= 0.6 is 47.0 Å². The van der Waals surface area contributed by atoms with Crippen LogP contribution in [0.5, 0.6) is 11.5 Å². The zero-order valence-electron chi connectivity index (χ0n) is 13.1. The first-order valence-electron chi connectivity index (χ1n) is 6.93. The van der Waals surface area contributed by atoms with Crippen LogP contribution in [0.1, 0.15) is 11.1 Å². The van der Waals surface area contributed by atoms with Crippen LogP contribution in [0.4, 0.5) is 0 Å². The highest BCUT2D eigenvalue weighted by Crippen LogP contribution is 2.34. The molecule has 0 aliphatic carbocycles. The minimum Gasteiger partial charge on any atom is -0.493 e. The molecule has 0 heterocycles. The molecule has 0 aromatic heterocycles. The van der Waals surface area contributed by atoms with E-state index in [1.165, 1.54) is 13.3 Å². The molecule has 9 heteroatoms. The van der Waals surface area contributed by atoms with Crippen molar-refractivity contribution in [1.82, 2.24) is 5.43 Å². The summed E-state index contributed by atoms with van der Waals surface area (Å²) in [5, 5.41) is 5.42. The monoisotopic (exact) mass is 417 g/mol. The van der Waals surface area contributed by atoms with Crippen LogP contribution in [-0.4, -0.2) is 18.4 Å². The lowest BCUT2D eigenvalue weighted by Gasteiger charge is -2.13. The maximum atomic E-state index is 6.25. The predicted molar refractivity (Wildman–Crippen MR) is 106 cm³/mol. The number of hydrazone groups is 1. The lowest BCUT2D eigenvalue weighted by atomic mass is 10.2. The van der Waals surface area contributed by atoms with Crippen molar-refractivity contribution < 1.29 is 9.47 Å². The van der Waals surface area contributed by atoms with Gasteiger partial charge in [-0.2, -0.15) is 5.10 Å². The second kappa shape index (κ2) is 9.10. The number of ether oxygens (including phenoxy) is 2. The van der Waals surface area contributed by atoms with Gasteiger partial charge in [0, 0.05) is 27.2 Å². The molecule has 0 aliphatic rings. The summed E-state index contributed by atoms with van der Waals surface area (Å²) in [4.78, 5) is 0. The average Bonchev–Trinajstić information content (AvgIpc) is 2.55. The molecule has 0 saturated heterocycles. The van der Waals surface area contributed by atoms with Crippen LogP contribution in [0.15, 0.2) is 35.4 Å². The van der Waals surface area contributed by atoms with Crippen LogP contribution in [-0.2, 0) is 6.61 Å². The number of hydrogen-bond donors (Lipinski definition) is 2. The summed E-state index contributed by atoms with van der Waals surface area (Å²) in [6.07, 6.45) is 1.48. The maximum absolute atomic E-state index is 6.25. The Morgan fingerprint density at radius 1 is 1.20 bits per heavy atom. The largest absolute Gasteiger partial charge is 0.493 e. The van der Waals surface area contributed by atoms with E-state index in [0.29, 0.717) is 32.1 Å². The molecular weight excluding hydrogens is 405 g/mol. The normalized spacial score (nSPS) is 10.7. The molecule has 0 spiro atoms. The van der Waals surface area contributed by atoms with Crippen molar-refractivity contribution in [2.24, 2.45) is 10.8 Å². The summed E-state index contributed by atoms with van der Waals surface area (Å²) >= 11 is 22.9. The molecule has 0 fully saturated rings. The van der Waals surface area contributed by atoms with E-state index in [-0.39, 0.29) is 11.7 Å². The third kappa shape index (κ3) is 5.64. The highest BCUT2D eigenvalue weighted by molar-refractivity contribution is 7.80. The Kier molecular flexibility index (Phi) is 7.13. The lowest BCUT2D eigenvalue weighted by Crippen LogP contribution is -2.24. The van der Waals surface area contributed by atoms with E-state index in [0.717, 1.165) is 5.56 Å². The SMILES string of the molecule is COc1cc(C=NNC(N)=S)c(Cl)cc1OCc1ccc(Cl)cc1Cl. The van der Waals surface area contributed by atoms with Crippen molar-refractivity contribution in [2.45, 2.75) is 6.61 Å². The molecular formula is C16H14Cl3N3O2S. The highest BCUT2D eigenvalue weighted by Gasteiger charge is 2.11. The number of nitrogens with zero attached hydrogens (tertiary/aromatic N) is 1. The number of nitrogens with two attached hydrogens (primary N) is 1. The number of halogens is 3. The fraction of sp³-hybridized carbons (Fsp3) is 0.125. The maximum Gasteiger partial charge on any atom is 0.184 e. The summed E-state index contributed by atoms with van der Waals surface area (Å²) < 4.78 is 11.1.